The minimum atomic E-state index is -0.734. The molecule has 0 saturated carbocycles. The van der Waals surface area contributed by atoms with Gasteiger partial charge in [-0.1, -0.05) is 5.21 Å². The molecule has 0 bridgehead atoms. The van der Waals surface area contributed by atoms with Crippen molar-refractivity contribution in [2.75, 3.05) is 0 Å². The molecule has 1 heterocycles. The summed E-state index contributed by atoms with van der Waals surface area (Å²) in [4.78, 5) is 0. The molecule has 0 aliphatic heterocycles. The number of nitrogens with two attached hydrogens (primary N) is 1. The van der Waals surface area contributed by atoms with Crippen LogP contribution in [-0.4, -0.2) is 25.6 Å². The Kier molecular flexibility index (Phi) is 2.68. The molecular formula is C8H16N4O. The summed E-state index contributed by atoms with van der Waals surface area (Å²) in [7, 11) is 0. The Labute approximate surface area is 77.6 Å². The highest BCUT2D eigenvalue weighted by molar-refractivity contribution is 5.05. The molecule has 0 fully saturated rings. The maximum atomic E-state index is 9.83. The van der Waals surface area contributed by atoms with Gasteiger partial charge in [-0.3, -0.25) is 0 Å². The Morgan fingerprint density at radius 3 is 2.77 bits per heavy atom. The average Bonchev–Trinajstić information content (AvgIpc) is 2.48. The molecule has 3 N–H and O–H groups in total. The number of hydrogen-bond acceptors (Lipinski definition) is 4. The highest BCUT2D eigenvalue weighted by Crippen LogP contribution is 2.21. The molecule has 0 spiro atoms. The maximum absolute atomic E-state index is 9.83. The molecule has 1 aromatic rings. The largest absolute Gasteiger partial charge is 0.385 e. The molecule has 74 valence electrons. The van der Waals surface area contributed by atoms with Crippen molar-refractivity contribution in [2.24, 2.45) is 5.73 Å². The van der Waals surface area contributed by atoms with Crippen LogP contribution in [0.3, 0.4) is 0 Å². The van der Waals surface area contributed by atoms with E-state index < -0.39 is 11.6 Å². The van der Waals surface area contributed by atoms with Crippen LogP contribution in [0.4, 0.5) is 0 Å². The van der Waals surface area contributed by atoms with Crippen molar-refractivity contribution < 1.29 is 5.11 Å². The zero-order chi connectivity index (χ0) is 10.1. The van der Waals surface area contributed by atoms with Gasteiger partial charge in [0.05, 0.1) is 11.9 Å². The van der Waals surface area contributed by atoms with E-state index in [-0.39, 0.29) is 0 Å². The third kappa shape index (κ3) is 2.05. The van der Waals surface area contributed by atoms with Crippen LogP contribution >= 0.6 is 0 Å². The van der Waals surface area contributed by atoms with E-state index in [0.29, 0.717) is 12.2 Å². The van der Waals surface area contributed by atoms with E-state index in [1.165, 1.54) is 0 Å². The molecule has 13 heavy (non-hydrogen) atoms. The van der Waals surface area contributed by atoms with E-state index in [1.54, 1.807) is 24.7 Å². The number of aromatic nitrogens is 3. The summed E-state index contributed by atoms with van der Waals surface area (Å²) in [5, 5.41) is 17.4. The van der Waals surface area contributed by atoms with Gasteiger partial charge in [-0.05, 0) is 20.8 Å². The summed E-state index contributed by atoms with van der Waals surface area (Å²) in [6.45, 7) is 6.16. The monoisotopic (exact) mass is 184 g/mol. The van der Waals surface area contributed by atoms with Gasteiger partial charge in [0.1, 0.15) is 6.10 Å². The quantitative estimate of drug-likeness (QED) is 0.697. The summed E-state index contributed by atoms with van der Waals surface area (Å²) >= 11 is 0. The van der Waals surface area contributed by atoms with Crippen LogP contribution in [0.5, 0.6) is 0 Å². The van der Waals surface area contributed by atoms with Crippen LogP contribution in [0.1, 0.15) is 32.6 Å². The second kappa shape index (κ2) is 3.43. The van der Waals surface area contributed by atoms with E-state index in [2.05, 4.69) is 10.3 Å². The van der Waals surface area contributed by atoms with Crippen LogP contribution in [0.25, 0.3) is 0 Å². The molecule has 1 atom stereocenters. The van der Waals surface area contributed by atoms with Crippen molar-refractivity contribution in [3.8, 4) is 0 Å². The molecule has 1 unspecified atom stereocenters. The number of aliphatic hydroxyl groups excluding tert-OH is 1. The van der Waals surface area contributed by atoms with Crippen LogP contribution in [-0.2, 0) is 6.54 Å². The van der Waals surface area contributed by atoms with Crippen molar-refractivity contribution in [3.05, 3.63) is 11.9 Å². The lowest BCUT2D eigenvalue weighted by atomic mass is 9.96. The number of nitrogens with zero attached hydrogens (tertiary/aromatic N) is 3. The Balaban J connectivity index is 2.94. The fourth-order valence-corrected chi connectivity index (χ4v) is 1.10. The minimum absolute atomic E-state index is 0.662. The lowest BCUT2D eigenvalue weighted by Gasteiger charge is -2.25. The molecule has 1 aromatic heterocycles. The standard InChI is InChI=1S/C8H16N4O/c1-4-12-6(5-10-11-12)7(13)8(2,3)9/h5,7,13H,4,9H2,1-3H3. The number of hydrogen-bond donors (Lipinski definition) is 2. The SMILES string of the molecule is CCn1nncc1C(O)C(C)(C)N. The first-order chi connectivity index (χ1) is 5.96. The molecule has 5 heteroatoms. The Bertz CT molecular complexity index is 276. The summed E-state index contributed by atoms with van der Waals surface area (Å²) in [5.41, 5.74) is 5.76. The second-order valence-corrected chi connectivity index (χ2v) is 3.70. The fraction of sp³-hybridized carbons (Fsp3) is 0.750. The van der Waals surface area contributed by atoms with Crippen molar-refractivity contribution >= 4 is 0 Å². The Morgan fingerprint density at radius 2 is 2.31 bits per heavy atom. The normalized spacial score (nSPS) is 14.5. The highest BCUT2D eigenvalue weighted by Gasteiger charge is 2.27. The van der Waals surface area contributed by atoms with E-state index in [4.69, 9.17) is 5.73 Å². The van der Waals surface area contributed by atoms with Gasteiger partial charge in [-0.15, -0.1) is 5.10 Å². The van der Waals surface area contributed by atoms with Gasteiger partial charge in [0.15, 0.2) is 0 Å². The first kappa shape index (κ1) is 10.1. The third-order valence-electron chi connectivity index (χ3n) is 1.93. The zero-order valence-electron chi connectivity index (χ0n) is 8.23. The molecule has 0 aliphatic carbocycles. The van der Waals surface area contributed by atoms with E-state index in [0.717, 1.165) is 0 Å². The van der Waals surface area contributed by atoms with Crippen LogP contribution in [0, 0.1) is 0 Å². The average molecular weight is 184 g/mol. The van der Waals surface area contributed by atoms with Crippen LogP contribution in [0.15, 0.2) is 6.20 Å². The molecule has 0 aliphatic rings. The highest BCUT2D eigenvalue weighted by atomic mass is 16.3. The van der Waals surface area contributed by atoms with Crippen LogP contribution < -0.4 is 5.73 Å². The molecular weight excluding hydrogens is 168 g/mol. The maximum Gasteiger partial charge on any atom is 0.115 e. The van der Waals surface area contributed by atoms with Gasteiger partial charge in [-0.2, -0.15) is 0 Å². The summed E-state index contributed by atoms with van der Waals surface area (Å²) in [6, 6.07) is 0. The lowest BCUT2D eigenvalue weighted by molar-refractivity contribution is 0.0955. The molecule has 5 nitrogen and oxygen atoms in total. The summed E-state index contributed by atoms with van der Waals surface area (Å²) < 4.78 is 1.64. The number of rotatable bonds is 3. The van der Waals surface area contributed by atoms with Gasteiger partial charge in [-0.25, -0.2) is 4.68 Å². The van der Waals surface area contributed by atoms with E-state index in [9.17, 15) is 5.11 Å². The third-order valence-corrected chi connectivity index (χ3v) is 1.93. The predicted molar refractivity (Wildman–Crippen MR) is 48.9 cm³/mol. The van der Waals surface area contributed by atoms with E-state index in [1.807, 2.05) is 6.92 Å². The number of aliphatic hydroxyl groups is 1. The Hall–Kier alpha value is -0.940. The van der Waals surface area contributed by atoms with Gasteiger partial charge in [0.25, 0.3) is 0 Å². The predicted octanol–water partition coefficient (Wildman–Crippen LogP) is 0.0687. The summed E-state index contributed by atoms with van der Waals surface area (Å²) in [6.07, 6.45) is 0.811. The van der Waals surface area contributed by atoms with Crippen molar-refractivity contribution in [1.82, 2.24) is 15.0 Å². The Morgan fingerprint density at radius 1 is 1.69 bits per heavy atom. The topological polar surface area (TPSA) is 77.0 Å². The van der Waals surface area contributed by atoms with Gasteiger partial charge < -0.3 is 10.8 Å². The minimum Gasteiger partial charge on any atom is -0.385 e. The zero-order valence-corrected chi connectivity index (χ0v) is 8.23. The number of aryl methyl sites for hydroxylation is 1. The summed E-state index contributed by atoms with van der Waals surface area (Å²) in [5.74, 6) is 0. The molecule has 1 rings (SSSR count). The van der Waals surface area contributed by atoms with Crippen LogP contribution in [0.2, 0.25) is 0 Å². The molecule has 0 amide bonds. The van der Waals surface area contributed by atoms with Gasteiger partial charge in [0, 0.05) is 12.1 Å². The first-order valence-electron chi connectivity index (χ1n) is 4.32. The van der Waals surface area contributed by atoms with Gasteiger partial charge >= 0.3 is 0 Å². The smallest absolute Gasteiger partial charge is 0.115 e. The molecule has 0 saturated heterocycles. The van der Waals surface area contributed by atoms with Gasteiger partial charge in [0.2, 0.25) is 0 Å². The molecule has 0 aromatic carbocycles. The van der Waals surface area contributed by atoms with Crippen molar-refractivity contribution in [1.29, 1.82) is 0 Å². The second-order valence-electron chi connectivity index (χ2n) is 3.70. The fourth-order valence-electron chi connectivity index (χ4n) is 1.10. The lowest BCUT2D eigenvalue weighted by Crippen LogP contribution is -2.40. The first-order valence-corrected chi connectivity index (χ1v) is 4.32. The van der Waals surface area contributed by atoms with E-state index >= 15 is 0 Å². The van der Waals surface area contributed by atoms with Crippen molar-refractivity contribution in [3.63, 3.8) is 0 Å². The van der Waals surface area contributed by atoms with Crippen molar-refractivity contribution in [2.45, 2.75) is 39.0 Å². The molecule has 0 radical (unpaired) electrons.